The van der Waals surface area contributed by atoms with Crippen LogP contribution in [0.1, 0.15) is 29.5 Å². The average Bonchev–Trinajstić information content (AvgIpc) is 2.66. The molecule has 0 saturated carbocycles. The Labute approximate surface area is 123 Å². The molecule has 0 unspecified atom stereocenters. The quantitative estimate of drug-likeness (QED) is 0.670. The lowest BCUT2D eigenvalue weighted by Crippen LogP contribution is -2.38. The topological polar surface area (TPSA) is 121 Å². The Balaban J connectivity index is 2.03. The number of anilines is 1. The lowest BCUT2D eigenvalue weighted by Gasteiger charge is -2.20. The number of hydrogen-bond donors (Lipinski definition) is 3. The van der Waals surface area contributed by atoms with E-state index in [0.717, 1.165) is 18.7 Å². The Morgan fingerprint density at radius 3 is 2.67 bits per heavy atom. The van der Waals surface area contributed by atoms with Crippen molar-refractivity contribution in [1.82, 2.24) is 20.0 Å². The van der Waals surface area contributed by atoms with Crippen molar-refractivity contribution in [3.05, 3.63) is 11.4 Å². The molecule has 0 spiro atoms. The minimum absolute atomic E-state index is 0.163. The molecule has 21 heavy (non-hydrogen) atoms. The Morgan fingerprint density at radius 1 is 1.29 bits per heavy atom. The summed E-state index contributed by atoms with van der Waals surface area (Å²) in [5, 5.41) is 6.83. The summed E-state index contributed by atoms with van der Waals surface area (Å²) in [5.74, 6) is -0.511. The number of nitrogens with one attached hydrogen (secondary N) is 1. The Hall–Kier alpha value is -2.09. The third-order valence-corrected chi connectivity index (χ3v) is 3.69. The molecule has 1 aliphatic heterocycles. The fourth-order valence-electron chi connectivity index (χ4n) is 2.52. The van der Waals surface area contributed by atoms with E-state index < -0.39 is 0 Å². The largest absolute Gasteiger partial charge is 0.395 e. The van der Waals surface area contributed by atoms with Crippen molar-refractivity contribution < 1.29 is 9.59 Å². The molecule has 5 N–H and O–H groups in total. The first-order valence-electron chi connectivity index (χ1n) is 7.15. The molecule has 0 aliphatic carbocycles. The lowest BCUT2D eigenvalue weighted by atomic mass is 10.2. The summed E-state index contributed by atoms with van der Waals surface area (Å²) in [6.45, 7) is 4.72. The Kier molecular flexibility index (Phi) is 4.79. The molecule has 0 atom stereocenters. The highest BCUT2D eigenvalue weighted by Crippen LogP contribution is 2.17. The smallest absolute Gasteiger partial charge is 0.276 e. The molecule has 8 heteroatoms. The highest BCUT2D eigenvalue weighted by molar-refractivity contribution is 5.97. The van der Waals surface area contributed by atoms with Gasteiger partial charge in [0.05, 0.1) is 17.9 Å². The maximum atomic E-state index is 12.5. The second-order valence-electron chi connectivity index (χ2n) is 5.21. The molecule has 1 saturated heterocycles. The van der Waals surface area contributed by atoms with E-state index in [1.54, 1.807) is 4.90 Å². The second kappa shape index (κ2) is 6.57. The molecule has 116 valence electrons. The zero-order valence-electron chi connectivity index (χ0n) is 12.3. The number of carbonyl (C=O) groups is 2. The van der Waals surface area contributed by atoms with E-state index in [2.05, 4.69) is 10.2 Å². The number of H-pyrrole nitrogens is 1. The highest BCUT2D eigenvalue weighted by Gasteiger charge is 2.25. The van der Waals surface area contributed by atoms with E-state index >= 15 is 0 Å². The zero-order valence-corrected chi connectivity index (χ0v) is 12.3. The predicted molar refractivity (Wildman–Crippen MR) is 78.5 cm³/mol. The molecule has 1 aromatic heterocycles. The van der Waals surface area contributed by atoms with Crippen molar-refractivity contribution in [2.75, 3.05) is 38.5 Å². The van der Waals surface area contributed by atoms with Crippen LogP contribution in [0.4, 0.5) is 5.69 Å². The van der Waals surface area contributed by atoms with Crippen molar-refractivity contribution in [3.8, 4) is 0 Å². The first-order valence-corrected chi connectivity index (χ1v) is 7.15. The molecule has 1 aliphatic rings. The van der Waals surface area contributed by atoms with Crippen LogP contribution in [-0.4, -0.2) is 64.5 Å². The molecule has 2 rings (SSSR count). The maximum absolute atomic E-state index is 12.5. The van der Waals surface area contributed by atoms with Crippen LogP contribution in [0.2, 0.25) is 0 Å². The Bertz CT molecular complexity index is 527. The van der Waals surface area contributed by atoms with Crippen molar-refractivity contribution >= 4 is 17.5 Å². The molecule has 1 fully saturated rings. The number of nitrogens with two attached hydrogens (primary N) is 2. The molecule has 8 nitrogen and oxygen atoms in total. The number of aryl methyl sites for hydroxylation is 1. The van der Waals surface area contributed by atoms with Crippen LogP contribution in [0.25, 0.3) is 0 Å². The van der Waals surface area contributed by atoms with Crippen LogP contribution in [-0.2, 0) is 11.2 Å². The van der Waals surface area contributed by atoms with Crippen LogP contribution in [0.15, 0.2) is 0 Å². The summed E-state index contributed by atoms with van der Waals surface area (Å²) in [5.41, 5.74) is 12.6. The van der Waals surface area contributed by atoms with Gasteiger partial charge in [-0.25, -0.2) is 0 Å². The van der Waals surface area contributed by atoms with Crippen LogP contribution in [0, 0.1) is 0 Å². The van der Waals surface area contributed by atoms with Gasteiger partial charge in [0.15, 0.2) is 5.69 Å². The van der Waals surface area contributed by atoms with Crippen LogP contribution in [0.5, 0.6) is 0 Å². The molecular formula is C13H22N6O2. The normalized spacial score (nSPS) is 16.7. The van der Waals surface area contributed by atoms with Crippen LogP contribution >= 0.6 is 0 Å². The summed E-state index contributed by atoms with van der Waals surface area (Å²) >= 11 is 0. The fourth-order valence-corrected chi connectivity index (χ4v) is 2.52. The molecule has 0 radical (unpaired) electrons. The third kappa shape index (κ3) is 3.52. The summed E-state index contributed by atoms with van der Waals surface area (Å²) in [7, 11) is 0. The number of nitrogens with zero attached hydrogens (tertiary/aromatic N) is 3. The number of nitrogen functional groups attached to an aromatic ring is 1. The van der Waals surface area contributed by atoms with Gasteiger partial charge in [-0.05, 0) is 12.8 Å². The van der Waals surface area contributed by atoms with Crippen LogP contribution < -0.4 is 11.5 Å². The van der Waals surface area contributed by atoms with E-state index in [4.69, 9.17) is 11.5 Å². The molecular weight excluding hydrogens is 272 g/mol. The lowest BCUT2D eigenvalue weighted by molar-refractivity contribution is -0.119. The summed E-state index contributed by atoms with van der Waals surface area (Å²) in [4.78, 5) is 27.1. The van der Waals surface area contributed by atoms with Crippen LogP contribution in [0.3, 0.4) is 0 Å². The number of aromatic nitrogens is 2. The SMILES string of the molecule is CCc1[nH]nc(C(=O)N2CCCN(CC(N)=O)CC2)c1N. The van der Waals surface area contributed by atoms with Gasteiger partial charge in [-0.3, -0.25) is 19.6 Å². The Morgan fingerprint density at radius 2 is 2.05 bits per heavy atom. The molecule has 0 aromatic carbocycles. The van der Waals surface area contributed by atoms with Gasteiger partial charge in [0.1, 0.15) is 0 Å². The number of rotatable bonds is 4. The molecule has 1 aromatic rings. The number of aromatic amines is 1. The second-order valence-corrected chi connectivity index (χ2v) is 5.21. The third-order valence-electron chi connectivity index (χ3n) is 3.69. The predicted octanol–water partition coefficient (Wildman–Crippen LogP) is -0.812. The highest BCUT2D eigenvalue weighted by atomic mass is 16.2. The van der Waals surface area contributed by atoms with Gasteiger partial charge in [-0.15, -0.1) is 0 Å². The van der Waals surface area contributed by atoms with Crippen molar-refractivity contribution in [2.45, 2.75) is 19.8 Å². The van der Waals surface area contributed by atoms with Crippen molar-refractivity contribution in [3.63, 3.8) is 0 Å². The minimum Gasteiger partial charge on any atom is -0.395 e. The van der Waals surface area contributed by atoms with E-state index in [1.807, 2.05) is 11.8 Å². The molecule has 0 bridgehead atoms. The summed E-state index contributed by atoms with van der Waals surface area (Å²) < 4.78 is 0. The molecule has 2 heterocycles. The number of amides is 2. The summed E-state index contributed by atoms with van der Waals surface area (Å²) in [6, 6.07) is 0. The van der Waals surface area contributed by atoms with Gasteiger partial charge >= 0.3 is 0 Å². The van der Waals surface area contributed by atoms with Crippen molar-refractivity contribution in [1.29, 1.82) is 0 Å². The van der Waals surface area contributed by atoms with Gasteiger partial charge < -0.3 is 16.4 Å². The number of primary amides is 1. The van der Waals surface area contributed by atoms with E-state index in [1.165, 1.54) is 0 Å². The average molecular weight is 294 g/mol. The minimum atomic E-state index is -0.348. The zero-order chi connectivity index (χ0) is 15.4. The number of hydrogen-bond acceptors (Lipinski definition) is 5. The van der Waals surface area contributed by atoms with Gasteiger partial charge in [-0.1, -0.05) is 6.92 Å². The monoisotopic (exact) mass is 294 g/mol. The van der Waals surface area contributed by atoms with E-state index in [-0.39, 0.29) is 24.1 Å². The van der Waals surface area contributed by atoms with E-state index in [9.17, 15) is 9.59 Å². The van der Waals surface area contributed by atoms with Gasteiger partial charge in [0, 0.05) is 26.2 Å². The van der Waals surface area contributed by atoms with E-state index in [0.29, 0.717) is 31.7 Å². The standard InChI is InChI=1S/C13H22N6O2/c1-2-9-11(15)12(17-16-9)13(21)19-5-3-4-18(6-7-19)8-10(14)20/h2-8,15H2,1H3,(H2,14,20)(H,16,17). The maximum Gasteiger partial charge on any atom is 0.276 e. The van der Waals surface area contributed by atoms with Gasteiger partial charge in [-0.2, -0.15) is 5.10 Å². The molecule has 2 amide bonds. The van der Waals surface area contributed by atoms with Gasteiger partial charge in [0.2, 0.25) is 5.91 Å². The van der Waals surface area contributed by atoms with Crippen molar-refractivity contribution in [2.24, 2.45) is 5.73 Å². The first kappa shape index (κ1) is 15.3. The van der Waals surface area contributed by atoms with Gasteiger partial charge in [0.25, 0.3) is 5.91 Å². The summed E-state index contributed by atoms with van der Waals surface area (Å²) in [6.07, 6.45) is 1.50. The first-order chi connectivity index (χ1) is 10.0. The number of carbonyl (C=O) groups excluding carboxylic acids is 2. The fraction of sp³-hybridized carbons (Fsp3) is 0.615.